The molecular weight excluding hydrogens is 520 g/mol. The summed E-state index contributed by atoms with van der Waals surface area (Å²) in [6.07, 6.45) is 8.01. The number of aliphatic imine (C=N–C) groups is 1. The van der Waals surface area contributed by atoms with E-state index in [0.717, 1.165) is 23.3 Å². The maximum Gasteiger partial charge on any atom is 0.416 e. The Balaban J connectivity index is 0.000000620. The van der Waals surface area contributed by atoms with E-state index in [2.05, 4.69) is 40.2 Å². The van der Waals surface area contributed by atoms with Crippen molar-refractivity contribution in [3.63, 3.8) is 0 Å². The van der Waals surface area contributed by atoms with E-state index in [1.807, 2.05) is 37.3 Å². The van der Waals surface area contributed by atoms with E-state index >= 15 is 0 Å². The Morgan fingerprint density at radius 2 is 1.87 bits per heavy atom. The minimum absolute atomic E-state index is 0.0891. The standard InChI is InChI=1S/C22H18ClF4N.C5H7NO2.C2H2/c1-14-13-28-21(8-7-20(14)23)19(9-15-5-3-2-4-6-15)16-10-17(22(25,26)27)12-18(24)11-16;1-2-3-4-8-5(6)7;1-2/h2-8,10-13,19-20H,9H2,1H3;4H2,1H3,(H2,6,7);1-2H. The van der Waals surface area contributed by atoms with E-state index in [9.17, 15) is 22.4 Å². The molecule has 9 heteroatoms. The maximum atomic E-state index is 14.0. The van der Waals surface area contributed by atoms with E-state index in [1.54, 1.807) is 25.3 Å². The van der Waals surface area contributed by atoms with Crippen LogP contribution >= 0.6 is 11.6 Å². The molecule has 1 amide bonds. The number of hydrogen-bond donors (Lipinski definition) is 1. The second-order valence-electron chi connectivity index (χ2n) is 7.74. The van der Waals surface area contributed by atoms with Gasteiger partial charge in [0.15, 0.2) is 6.61 Å². The molecule has 2 aromatic carbocycles. The summed E-state index contributed by atoms with van der Waals surface area (Å²) < 4.78 is 57.9. The zero-order chi connectivity index (χ0) is 28.7. The molecule has 1 aliphatic rings. The van der Waals surface area contributed by atoms with Gasteiger partial charge in [-0.15, -0.1) is 30.4 Å². The van der Waals surface area contributed by atoms with Crippen LogP contribution in [0.15, 0.2) is 77.4 Å². The molecule has 2 unspecified atom stereocenters. The van der Waals surface area contributed by atoms with Gasteiger partial charge < -0.3 is 10.5 Å². The largest absolute Gasteiger partial charge is 0.437 e. The van der Waals surface area contributed by atoms with Crippen molar-refractivity contribution in [3.8, 4) is 24.7 Å². The quantitative estimate of drug-likeness (QED) is 0.248. The number of carbonyl (C=O) groups is 1. The molecule has 2 N–H and O–H groups in total. The molecule has 2 aromatic rings. The highest BCUT2D eigenvalue weighted by molar-refractivity contribution is 6.24. The van der Waals surface area contributed by atoms with Crippen LogP contribution in [0.1, 0.15) is 36.5 Å². The number of carbonyl (C=O) groups excluding carboxylic acids is 1. The van der Waals surface area contributed by atoms with Gasteiger partial charge in [0.2, 0.25) is 0 Å². The second-order valence-corrected chi connectivity index (χ2v) is 8.21. The van der Waals surface area contributed by atoms with Gasteiger partial charge in [-0.1, -0.05) is 42.3 Å². The Morgan fingerprint density at radius 1 is 1.21 bits per heavy atom. The summed E-state index contributed by atoms with van der Waals surface area (Å²) in [5.74, 6) is 3.56. The van der Waals surface area contributed by atoms with Crippen molar-refractivity contribution in [2.75, 3.05) is 6.61 Å². The molecule has 1 heterocycles. The van der Waals surface area contributed by atoms with E-state index in [0.29, 0.717) is 18.2 Å². The Labute approximate surface area is 225 Å². The van der Waals surface area contributed by atoms with Crippen LogP contribution in [0.2, 0.25) is 0 Å². The minimum Gasteiger partial charge on any atom is -0.437 e. The van der Waals surface area contributed by atoms with E-state index in [4.69, 9.17) is 11.6 Å². The van der Waals surface area contributed by atoms with Crippen LogP contribution in [0, 0.1) is 30.5 Å². The number of amides is 1. The zero-order valence-corrected chi connectivity index (χ0v) is 21.6. The topological polar surface area (TPSA) is 64.7 Å². The van der Waals surface area contributed by atoms with Crippen molar-refractivity contribution < 1.29 is 27.1 Å². The highest BCUT2D eigenvalue weighted by atomic mass is 35.5. The molecule has 0 bridgehead atoms. The number of hydrogen-bond acceptors (Lipinski definition) is 3. The summed E-state index contributed by atoms with van der Waals surface area (Å²) in [5.41, 5.74) is 6.08. The Morgan fingerprint density at radius 3 is 2.45 bits per heavy atom. The third kappa shape index (κ3) is 10.9. The molecule has 0 radical (unpaired) electrons. The fraction of sp³-hybridized carbons (Fsp3) is 0.241. The first-order valence-corrected chi connectivity index (χ1v) is 11.6. The van der Waals surface area contributed by atoms with E-state index < -0.39 is 29.6 Å². The molecule has 0 aliphatic carbocycles. The number of nitrogens with two attached hydrogens (primary N) is 1. The number of primary amides is 1. The van der Waals surface area contributed by atoms with Gasteiger partial charge in [-0.05, 0) is 61.2 Å². The van der Waals surface area contributed by atoms with E-state index in [-0.39, 0.29) is 17.5 Å². The lowest BCUT2D eigenvalue weighted by atomic mass is 9.86. The summed E-state index contributed by atoms with van der Waals surface area (Å²) in [6.45, 7) is 3.57. The lowest BCUT2D eigenvalue weighted by Crippen LogP contribution is -2.16. The summed E-state index contributed by atoms with van der Waals surface area (Å²) in [4.78, 5) is 14.2. The first-order valence-electron chi connectivity index (χ1n) is 11.1. The van der Waals surface area contributed by atoms with Crippen LogP contribution in [0.25, 0.3) is 0 Å². The van der Waals surface area contributed by atoms with Gasteiger partial charge in [-0.3, -0.25) is 4.99 Å². The average Bonchev–Trinajstić information content (AvgIpc) is 3.04. The highest BCUT2D eigenvalue weighted by Crippen LogP contribution is 2.34. The lowest BCUT2D eigenvalue weighted by molar-refractivity contribution is -0.137. The van der Waals surface area contributed by atoms with Crippen LogP contribution in [0.5, 0.6) is 0 Å². The molecule has 38 heavy (non-hydrogen) atoms. The predicted octanol–water partition coefficient (Wildman–Crippen LogP) is 7.05. The first kappa shape index (κ1) is 32.0. The monoisotopic (exact) mass is 546 g/mol. The van der Waals surface area contributed by atoms with Crippen LogP contribution in [0.3, 0.4) is 0 Å². The van der Waals surface area contributed by atoms with Crippen molar-refractivity contribution >= 4 is 23.4 Å². The number of benzene rings is 2. The van der Waals surface area contributed by atoms with Gasteiger partial charge >= 0.3 is 12.3 Å². The third-order valence-corrected chi connectivity index (χ3v) is 5.53. The molecule has 1 aliphatic heterocycles. The number of halogens is 5. The van der Waals surface area contributed by atoms with Crippen LogP contribution in [0.4, 0.5) is 22.4 Å². The summed E-state index contributed by atoms with van der Waals surface area (Å²) in [5, 5.41) is -0.350. The van der Waals surface area contributed by atoms with Crippen LogP contribution < -0.4 is 5.73 Å². The molecule has 3 rings (SSSR count). The Hall–Kier alpha value is -4.01. The van der Waals surface area contributed by atoms with Gasteiger partial charge in [0.05, 0.1) is 10.9 Å². The zero-order valence-electron chi connectivity index (χ0n) is 20.8. The van der Waals surface area contributed by atoms with Crippen molar-refractivity contribution in [3.05, 3.63) is 95.0 Å². The maximum absolute atomic E-state index is 14.0. The molecule has 0 saturated heterocycles. The third-order valence-electron chi connectivity index (χ3n) is 5.04. The van der Waals surface area contributed by atoms with Gasteiger partial charge in [0.1, 0.15) is 5.82 Å². The number of terminal acetylenes is 1. The predicted molar refractivity (Wildman–Crippen MR) is 143 cm³/mol. The molecule has 4 nitrogen and oxygen atoms in total. The van der Waals surface area contributed by atoms with Crippen LogP contribution in [-0.2, 0) is 17.3 Å². The Bertz CT molecular complexity index is 1240. The van der Waals surface area contributed by atoms with Crippen molar-refractivity contribution in [1.29, 1.82) is 0 Å². The van der Waals surface area contributed by atoms with Gasteiger partial charge in [-0.25, -0.2) is 9.18 Å². The van der Waals surface area contributed by atoms with Gasteiger partial charge in [-0.2, -0.15) is 13.2 Å². The number of alkyl halides is 4. The highest BCUT2D eigenvalue weighted by Gasteiger charge is 2.32. The normalized spacial score (nSPS) is 14.9. The molecule has 0 spiro atoms. The fourth-order valence-electron chi connectivity index (χ4n) is 3.23. The van der Waals surface area contributed by atoms with Crippen molar-refractivity contribution in [1.82, 2.24) is 0 Å². The average molecular weight is 547 g/mol. The van der Waals surface area contributed by atoms with Gasteiger partial charge in [0.25, 0.3) is 0 Å². The fourth-order valence-corrected chi connectivity index (χ4v) is 3.36. The molecule has 0 saturated carbocycles. The minimum atomic E-state index is -4.63. The number of ether oxygens (including phenoxy) is 1. The molecular formula is C29H27ClF4N2O2. The molecule has 2 atom stereocenters. The summed E-state index contributed by atoms with van der Waals surface area (Å²) in [6, 6.07) is 12.0. The number of allylic oxidation sites excluding steroid dienone is 3. The first-order chi connectivity index (χ1) is 18.0. The summed E-state index contributed by atoms with van der Waals surface area (Å²) >= 11 is 6.22. The van der Waals surface area contributed by atoms with Crippen LogP contribution in [-0.4, -0.2) is 23.8 Å². The van der Waals surface area contributed by atoms with Gasteiger partial charge in [0, 0.05) is 17.8 Å². The number of nitrogens with zero attached hydrogens (tertiary/aromatic N) is 1. The Kier molecular flexibility index (Phi) is 13.4. The molecule has 0 aromatic heterocycles. The van der Waals surface area contributed by atoms with E-state index in [1.165, 1.54) is 0 Å². The summed E-state index contributed by atoms with van der Waals surface area (Å²) in [7, 11) is 0. The smallest absolute Gasteiger partial charge is 0.416 e. The SMILES string of the molecule is C#C.CC#CCOC(N)=O.CC1=CN=C(C(Cc2ccccc2)c2cc(F)cc(C(F)(F)F)c2)C=CC1Cl. The lowest BCUT2D eigenvalue weighted by Gasteiger charge is -2.20. The molecule has 200 valence electrons. The molecule has 0 fully saturated rings. The second kappa shape index (κ2) is 16.0. The van der Waals surface area contributed by atoms with Crippen molar-refractivity contribution in [2.45, 2.75) is 37.7 Å². The number of rotatable bonds is 5. The van der Waals surface area contributed by atoms with Crippen molar-refractivity contribution in [2.24, 2.45) is 10.7 Å².